The fraction of sp³-hybridized carbons (Fsp3) is 0.429. The van der Waals surface area contributed by atoms with Crippen molar-refractivity contribution in [2.45, 2.75) is 34.1 Å². The van der Waals surface area contributed by atoms with Crippen molar-refractivity contribution >= 4 is 0 Å². The van der Waals surface area contributed by atoms with Crippen LogP contribution in [0.3, 0.4) is 0 Å². The Morgan fingerprint density at radius 1 is 1.29 bits per heavy atom. The molecule has 0 aliphatic rings. The molecule has 0 aliphatic heterocycles. The SMILES string of the molecule is C=C(C)C(C)Cc1ccc(C)c(C)c1. The second-order valence-electron chi connectivity index (χ2n) is 4.37. The van der Waals surface area contributed by atoms with E-state index in [0.717, 1.165) is 6.42 Å². The first-order valence-electron chi connectivity index (χ1n) is 5.22. The Bertz CT molecular complexity index is 334. The molecule has 76 valence electrons. The van der Waals surface area contributed by atoms with Gasteiger partial charge in [-0.1, -0.05) is 37.3 Å². The lowest BCUT2D eigenvalue weighted by Gasteiger charge is -2.12. The third kappa shape index (κ3) is 2.73. The summed E-state index contributed by atoms with van der Waals surface area (Å²) in [7, 11) is 0. The van der Waals surface area contributed by atoms with E-state index >= 15 is 0 Å². The molecule has 1 unspecified atom stereocenters. The first-order valence-corrected chi connectivity index (χ1v) is 5.22. The van der Waals surface area contributed by atoms with Crippen molar-refractivity contribution in [2.75, 3.05) is 0 Å². The van der Waals surface area contributed by atoms with Crippen molar-refractivity contribution in [3.05, 3.63) is 47.0 Å². The summed E-state index contributed by atoms with van der Waals surface area (Å²) < 4.78 is 0. The van der Waals surface area contributed by atoms with Crippen LogP contribution in [0, 0.1) is 19.8 Å². The van der Waals surface area contributed by atoms with E-state index in [0.29, 0.717) is 5.92 Å². The highest BCUT2D eigenvalue weighted by Gasteiger charge is 2.04. The number of benzene rings is 1. The molecule has 0 nitrogen and oxygen atoms in total. The van der Waals surface area contributed by atoms with Gasteiger partial charge in [0.05, 0.1) is 0 Å². The Morgan fingerprint density at radius 3 is 2.43 bits per heavy atom. The van der Waals surface area contributed by atoms with E-state index in [4.69, 9.17) is 0 Å². The second-order valence-corrected chi connectivity index (χ2v) is 4.37. The van der Waals surface area contributed by atoms with Gasteiger partial charge in [-0.05, 0) is 49.8 Å². The lowest BCUT2D eigenvalue weighted by atomic mass is 9.94. The fourth-order valence-electron chi connectivity index (χ4n) is 1.46. The van der Waals surface area contributed by atoms with Gasteiger partial charge < -0.3 is 0 Å². The van der Waals surface area contributed by atoms with Crippen LogP contribution in [0.2, 0.25) is 0 Å². The van der Waals surface area contributed by atoms with Gasteiger partial charge in [-0.3, -0.25) is 0 Å². The molecule has 0 heterocycles. The molecule has 14 heavy (non-hydrogen) atoms. The monoisotopic (exact) mass is 188 g/mol. The molecule has 1 atom stereocenters. The molecule has 0 aliphatic carbocycles. The topological polar surface area (TPSA) is 0 Å². The number of rotatable bonds is 3. The van der Waals surface area contributed by atoms with Gasteiger partial charge in [0.2, 0.25) is 0 Å². The highest BCUT2D eigenvalue weighted by atomic mass is 14.1. The predicted molar refractivity (Wildman–Crippen MR) is 63.6 cm³/mol. The highest BCUT2D eigenvalue weighted by molar-refractivity contribution is 5.30. The van der Waals surface area contributed by atoms with E-state index in [1.807, 2.05) is 0 Å². The Morgan fingerprint density at radius 2 is 1.93 bits per heavy atom. The Hall–Kier alpha value is -1.04. The van der Waals surface area contributed by atoms with E-state index < -0.39 is 0 Å². The molecule has 1 aromatic rings. The molecular weight excluding hydrogens is 168 g/mol. The molecule has 1 aromatic carbocycles. The number of hydrogen-bond acceptors (Lipinski definition) is 0. The first-order chi connectivity index (χ1) is 6.50. The molecule has 0 radical (unpaired) electrons. The zero-order valence-corrected chi connectivity index (χ0v) is 9.72. The predicted octanol–water partition coefficient (Wildman–Crippen LogP) is 4.06. The lowest BCUT2D eigenvalue weighted by Crippen LogP contribution is -2.00. The standard InChI is InChI=1S/C14H20/c1-10(2)12(4)8-14-7-6-11(3)13(5)9-14/h6-7,9,12H,1,8H2,2-5H3. The average molecular weight is 188 g/mol. The molecule has 0 amide bonds. The number of aryl methyl sites for hydroxylation is 2. The maximum absolute atomic E-state index is 3.99. The van der Waals surface area contributed by atoms with Crippen LogP contribution in [-0.2, 0) is 6.42 Å². The van der Waals surface area contributed by atoms with Crippen LogP contribution in [0.25, 0.3) is 0 Å². The Kier molecular flexibility index (Phi) is 3.51. The van der Waals surface area contributed by atoms with Crippen LogP contribution >= 0.6 is 0 Å². The van der Waals surface area contributed by atoms with Crippen LogP contribution in [0.5, 0.6) is 0 Å². The quantitative estimate of drug-likeness (QED) is 0.627. The van der Waals surface area contributed by atoms with Crippen molar-refractivity contribution in [1.29, 1.82) is 0 Å². The van der Waals surface area contributed by atoms with Crippen LogP contribution in [0.15, 0.2) is 30.4 Å². The van der Waals surface area contributed by atoms with Crippen molar-refractivity contribution in [2.24, 2.45) is 5.92 Å². The molecular formula is C14H20. The van der Waals surface area contributed by atoms with Crippen LogP contribution < -0.4 is 0 Å². The van der Waals surface area contributed by atoms with Crippen LogP contribution in [0.1, 0.15) is 30.5 Å². The molecule has 1 rings (SSSR count). The Balaban J connectivity index is 2.78. The maximum Gasteiger partial charge on any atom is -0.0197 e. The molecule has 0 aromatic heterocycles. The van der Waals surface area contributed by atoms with Gasteiger partial charge in [0.15, 0.2) is 0 Å². The normalized spacial score (nSPS) is 12.6. The van der Waals surface area contributed by atoms with Crippen LogP contribution in [0.4, 0.5) is 0 Å². The summed E-state index contributed by atoms with van der Waals surface area (Å²) in [6.45, 7) is 12.7. The third-order valence-electron chi connectivity index (χ3n) is 2.95. The molecule has 0 bridgehead atoms. The van der Waals surface area contributed by atoms with E-state index in [-0.39, 0.29) is 0 Å². The summed E-state index contributed by atoms with van der Waals surface area (Å²) in [5, 5.41) is 0. The van der Waals surface area contributed by atoms with Crippen molar-refractivity contribution in [3.63, 3.8) is 0 Å². The van der Waals surface area contributed by atoms with Gasteiger partial charge in [-0.2, -0.15) is 0 Å². The van der Waals surface area contributed by atoms with Crippen molar-refractivity contribution in [1.82, 2.24) is 0 Å². The smallest absolute Gasteiger partial charge is 0.0197 e. The van der Waals surface area contributed by atoms with Gasteiger partial charge in [0.25, 0.3) is 0 Å². The van der Waals surface area contributed by atoms with Crippen molar-refractivity contribution in [3.8, 4) is 0 Å². The molecule has 0 heteroatoms. The number of hydrogen-bond donors (Lipinski definition) is 0. The number of allylic oxidation sites excluding steroid dienone is 1. The largest absolute Gasteiger partial charge is 0.0999 e. The molecule has 0 spiro atoms. The summed E-state index contributed by atoms with van der Waals surface area (Å²) in [5.74, 6) is 0.581. The van der Waals surface area contributed by atoms with Gasteiger partial charge >= 0.3 is 0 Å². The second kappa shape index (κ2) is 4.45. The highest BCUT2D eigenvalue weighted by Crippen LogP contribution is 2.17. The maximum atomic E-state index is 3.99. The van der Waals surface area contributed by atoms with Gasteiger partial charge in [0.1, 0.15) is 0 Å². The summed E-state index contributed by atoms with van der Waals surface area (Å²) in [6.07, 6.45) is 1.11. The lowest BCUT2D eigenvalue weighted by molar-refractivity contribution is 0.680. The minimum Gasteiger partial charge on any atom is -0.0999 e. The first kappa shape index (κ1) is 11.0. The van der Waals surface area contributed by atoms with Gasteiger partial charge in [-0.25, -0.2) is 0 Å². The zero-order chi connectivity index (χ0) is 10.7. The average Bonchev–Trinajstić information content (AvgIpc) is 2.11. The van der Waals surface area contributed by atoms with E-state index in [1.165, 1.54) is 22.3 Å². The zero-order valence-electron chi connectivity index (χ0n) is 9.72. The minimum atomic E-state index is 0.581. The van der Waals surface area contributed by atoms with E-state index in [9.17, 15) is 0 Å². The summed E-state index contributed by atoms with van der Waals surface area (Å²) >= 11 is 0. The fourth-order valence-corrected chi connectivity index (χ4v) is 1.46. The minimum absolute atomic E-state index is 0.581. The van der Waals surface area contributed by atoms with E-state index in [2.05, 4.69) is 52.5 Å². The summed E-state index contributed by atoms with van der Waals surface area (Å²) in [4.78, 5) is 0. The van der Waals surface area contributed by atoms with Gasteiger partial charge in [0, 0.05) is 0 Å². The van der Waals surface area contributed by atoms with Gasteiger partial charge in [-0.15, -0.1) is 0 Å². The molecule has 0 fully saturated rings. The van der Waals surface area contributed by atoms with E-state index in [1.54, 1.807) is 0 Å². The molecule has 0 saturated heterocycles. The molecule has 0 N–H and O–H groups in total. The van der Waals surface area contributed by atoms with Crippen molar-refractivity contribution < 1.29 is 0 Å². The Labute approximate surface area is 87.7 Å². The third-order valence-corrected chi connectivity index (χ3v) is 2.95. The van der Waals surface area contributed by atoms with Crippen LogP contribution in [-0.4, -0.2) is 0 Å². The molecule has 0 saturated carbocycles. The summed E-state index contributed by atoms with van der Waals surface area (Å²) in [5.41, 5.74) is 5.44. The summed E-state index contributed by atoms with van der Waals surface area (Å²) in [6, 6.07) is 6.71.